The maximum atomic E-state index is 10.6. The summed E-state index contributed by atoms with van der Waals surface area (Å²) < 4.78 is 5.29. The molecule has 86 valence electrons. The summed E-state index contributed by atoms with van der Waals surface area (Å²) in [5.41, 5.74) is 0.803. The number of benzene rings is 1. The number of hydrogen-bond acceptors (Lipinski definition) is 4. The maximum absolute atomic E-state index is 10.6. The number of aliphatic hydroxyl groups is 1. The average molecular weight is 223 g/mol. The molecule has 1 aliphatic rings. The fraction of sp³-hybridized carbons (Fsp3) is 0.455. The zero-order valence-electron chi connectivity index (χ0n) is 8.87. The minimum absolute atomic E-state index is 0.182. The topological polar surface area (TPSA) is 72.6 Å². The number of para-hydroxylation sites is 1. The zero-order valence-corrected chi connectivity index (χ0v) is 8.87. The summed E-state index contributed by atoms with van der Waals surface area (Å²) in [5.74, 6) is -0.0322. The van der Waals surface area contributed by atoms with Crippen LogP contribution in [0.5, 0.6) is 5.75 Å². The molecule has 0 fully saturated rings. The fourth-order valence-corrected chi connectivity index (χ4v) is 2.04. The summed E-state index contributed by atoms with van der Waals surface area (Å²) in [6.45, 7) is 1.58. The van der Waals surface area contributed by atoms with E-state index in [4.69, 9.17) is 4.74 Å². The largest absolute Gasteiger partial charge is 0.465 e. The first-order chi connectivity index (χ1) is 7.59. The van der Waals surface area contributed by atoms with E-state index >= 15 is 0 Å². The smallest absolute Gasteiger partial charge is 0.211 e. The Kier molecular flexibility index (Phi) is 2.78. The van der Waals surface area contributed by atoms with Crippen LogP contribution in [0, 0.1) is 16.0 Å². The van der Waals surface area contributed by atoms with Crippen molar-refractivity contribution in [3.05, 3.63) is 39.9 Å². The Balaban J connectivity index is 2.37. The van der Waals surface area contributed by atoms with E-state index in [0.29, 0.717) is 5.75 Å². The van der Waals surface area contributed by atoms with Gasteiger partial charge in [-0.1, -0.05) is 25.1 Å². The van der Waals surface area contributed by atoms with Crippen molar-refractivity contribution in [1.82, 2.24) is 0 Å². The average Bonchev–Trinajstić information content (AvgIpc) is 2.24. The summed E-state index contributed by atoms with van der Waals surface area (Å²) in [4.78, 5) is 10.3. The van der Waals surface area contributed by atoms with Crippen molar-refractivity contribution in [2.45, 2.75) is 19.1 Å². The molecule has 3 atom stereocenters. The van der Waals surface area contributed by atoms with E-state index in [1.54, 1.807) is 19.1 Å². The quantitative estimate of drug-likeness (QED) is 0.607. The lowest BCUT2D eigenvalue weighted by atomic mass is 9.84. The first-order valence-corrected chi connectivity index (χ1v) is 5.15. The van der Waals surface area contributed by atoms with E-state index in [-0.39, 0.29) is 23.3 Å². The van der Waals surface area contributed by atoms with Crippen molar-refractivity contribution in [2.24, 2.45) is 5.92 Å². The number of fused-ring (bicyclic) bond motifs is 1. The maximum Gasteiger partial charge on any atom is 0.211 e. The molecule has 0 saturated heterocycles. The van der Waals surface area contributed by atoms with Crippen molar-refractivity contribution in [3.8, 4) is 5.75 Å². The van der Waals surface area contributed by atoms with Crippen molar-refractivity contribution in [3.63, 3.8) is 0 Å². The molecular formula is C11H13NO4. The Labute approximate surface area is 92.8 Å². The summed E-state index contributed by atoms with van der Waals surface area (Å²) in [6.07, 6.45) is -0.972. The molecule has 2 rings (SSSR count). The van der Waals surface area contributed by atoms with E-state index < -0.39 is 6.29 Å². The molecule has 0 amide bonds. The number of nitro groups is 1. The Morgan fingerprint density at radius 2 is 2.19 bits per heavy atom. The van der Waals surface area contributed by atoms with E-state index in [2.05, 4.69) is 0 Å². The van der Waals surface area contributed by atoms with Crippen LogP contribution in [0.1, 0.15) is 18.4 Å². The third kappa shape index (κ3) is 1.86. The normalized spacial score (nSPS) is 28.0. The van der Waals surface area contributed by atoms with Gasteiger partial charge in [0.2, 0.25) is 12.8 Å². The molecule has 0 bridgehead atoms. The first kappa shape index (κ1) is 10.9. The molecule has 1 unspecified atom stereocenters. The molecule has 0 spiro atoms. The predicted octanol–water partition coefficient (Wildman–Crippen LogP) is 1.39. The van der Waals surface area contributed by atoms with Crippen molar-refractivity contribution in [2.75, 3.05) is 6.54 Å². The summed E-state index contributed by atoms with van der Waals surface area (Å²) >= 11 is 0. The Morgan fingerprint density at radius 3 is 2.88 bits per heavy atom. The molecule has 1 aromatic rings. The highest BCUT2D eigenvalue weighted by Gasteiger charge is 2.37. The fourth-order valence-electron chi connectivity index (χ4n) is 2.04. The lowest BCUT2D eigenvalue weighted by molar-refractivity contribution is -0.486. The highest BCUT2D eigenvalue weighted by atomic mass is 16.6. The molecule has 5 nitrogen and oxygen atoms in total. The molecular weight excluding hydrogens is 210 g/mol. The Morgan fingerprint density at radius 1 is 1.50 bits per heavy atom. The summed E-state index contributed by atoms with van der Waals surface area (Å²) in [7, 11) is 0. The lowest BCUT2D eigenvalue weighted by Gasteiger charge is -2.32. The van der Waals surface area contributed by atoms with Gasteiger partial charge < -0.3 is 9.84 Å². The molecule has 1 heterocycles. The second-order valence-corrected chi connectivity index (χ2v) is 4.03. The molecule has 5 heteroatoms. The van der Waals surface area contributed by atoms with Crippen LogP contribution in [0.4, 0.5) is 0 Å². The third-order valence-corrected chi connectivity index (χ3v) is 3.00. The first-order valence-electron chi connectivity index (χ1n) is 5.15. The zero-order chi connectivity index (χ0) is 11.7. The lowest BCUT2D eigenvalue weighted by Crippen LogP contribution is -2.36. The van der Waals surface area contributed by atoms with E-state index in [1.165, 1.54) is 0 Å². The molecule has 0 saturated carbocycles. The van der Waals surface area contributed by atoms with Crippen molar-refractivity contribution >= 4 is 0 Å². The number of hydrogen-bond donors (Lipinski definition) is 1. The van der Waals surface area contributed by atoms with Crippen LogP contribution in [0.3, 0.4) is 0 Å². The van der Waals surface area contributed by atoms with Gasteiger partial charge in [0.05, 0.1) is 5.92 Å². The second kappa shape index (κ2) is 4.09. The van der Waals surface area contributed by atoms with Crippen LogP contribution in [-0.2, 0) is 0 Å². The molecule has 1 aliphatic heterocycles. The molecule has 0 aromatic heterocycles. The Hall–Kier alpha value is -1.62. The van der Waals surface area contributed by atoms with Gasteiger partial charge in [-0.05, 0) is 6.07 Å². The summed E-state index contributed by atoms with van der Waals surface area (Å²) in [5, 5.41) is 20.3. The van der Waals surface area contributed by atoms with Gasteiger partial charge >= 0.3 is 0 Å². The standard InChI is InChI=1S/C11H13NO4/c1-7-9(6-12(14)15)8-4-2-3-5-10(8)16-11(7)13/h2-5,7,9,11,13H,6H2,1H3/t7-,9+,11?/m0/s1. The Bertz CT molecular complexity index is 407. The van der Waals surface area contributed by atoms with E-state index in [9.17, 15) is 15.2 Å². The van der Waals surface area contributed by atoms with Crippen LogP contribution < -0.4 is 4.74 Å². The minimum atomic E-state index is -0.972. The SMILES string of the molecule is C[C@@H]1C(O)Oc2ccccc2[C@@H]1C[N+](=O)[O-]. The number of nitrogens with zero attached hydrogens (tertiary/aromatic N) is 1. The number of rotatable bonds is 2. The van der Waals surface area contributed by atoms with E-state index in [0.717, 1.165) is 5.56 Å². The molecule has 1 aromatic carbocycles. The highest BCUT2D eigenvalue weighted by Crippen LogP contribution is 2.39. The van der Waals surface area contributed by atoms with Crippen LogP contribution in [0.15, 0.2) is 24.3 Å². The van der Waals surface area contributed by atoms with E-state index in [1.807, 2.05) is 12.1 Å². The monoisotopic (exact) mass is 223 g/mol. The summed E-state index contributed by atoms with van der Waals surface area (Å²) in [6, 6.07) is 7.13. The van der Waals surface area contributed by atoms with Gasteiger partial charge in [-0.2, -0.15) is 0 Å². The van der Waals surface area contributed by atoms with Gasteiger partial charge in [0.25, 0.3) is 0 Å². The molecule has 0 aliphatic carbocycles. The van der Waals surface area contributed by atoms with Crippen LogP contribution in [0.2, 0.25) is 0 Å². The number of aliphatic hydroxyl groups excluding tert-OH is 1. The molecule has 16 heavy (non-hydrogen) atoms. The van der Waals surface area contributed by atoms with Crippen molar-refractivity contribution in [1.29, 1.82) is 0 Å². The van der Waals surface area contributed by atoms with Gasteiger partial charge in [-0.25, -0.2) is 0 Å². The van der Waals surface area contributed by atoms with Gasteiger partial charge in [-0.15, -0.1) is 0 Å². The minimum Gasteiger partial charge on any atom is -0.465 e. The van der Waals surface area contributed by atoms with Crippen LogP contribution in [-0.4, -0.2) is 22.9 Å². The van der Waals surface area contributed by atoms with Gasteiger partial charge in [0, 0.05) is 16.4 Å². The van der Waals surface area contributed by atoms with Crippen molar-refractivity contribution < 1.29 is 14.8 Å². The van der Waals surface area contributed by atoms with Gasteiger partial charge in [0.1, 0.15) is 5.75 Å². The van der Waals surface area contributed by atoms with Gasteiger partial charge in [-0.3, -0.25) is 10.1 Å². The van der Waals surface area contributed by atoms with Gasteiger partial charge in [0.15, 0.2) is 0 Å². The third-order valence-electron chi connectivity index (χ3n) is 3.00. The molecule has 0 radical (unpaired) electrons. The number of ether oxygens (including phenoxy) is 1. The molecule has 1 N–H and O–H groups in total. The van der Waals surface area contributed by atoms with Crippen LogP contribution in [0.25, 0.3) is 0 Å². The second-order valence-electron chi connectivity index (χ2n) is 4.03. The van der Waals surface area contributed by atoms with Crippen LogP contribution >= 0.6 is 0 Å². The predicted molar refractivity (Wildman–Crippen MR) is 56.8 cm³/mol. The highest BCUT2D eigenvalue weighted by molar-refractivity contribution is 5.38.